The Bertz CT molecular complexity index is 368. The summed E-state index contributed by atoms with van der Waals surface area (Å²) in [6.45, 7) is 2.04. The van der Waals surface area contributed by atoms with Crippen LogP contribution in [0.4, 0.5) is 5.82 Å². The van der Waals surface area contributed by atoms with E-state index in [-0.39, 0.29) is 6.61 Å². The van der Waals surface area contributed by atoms with Crippen LogP contribution in [0.1, 0.15) is 23.2 Å². The average molecular weight is 220 g/mol. The summed E-state index contributed by atoms with van der Waals surface area (Å²) in [4.78, 5) is 17.3. The quantitative estimate of drug-likeness (QED) is 0.772. The molecule has 2 heterocycles. The molecule has 16 heavy (non-hydrogen) atoms. The van der Waals surface area contributed by atoms with Crippen molar-refractivity contribution in [2.45, 2.75) is 12.8 Å². The fraction of sp³-hybridized carbons (Fsp3) is 0.500. The molecule has 1 aromatic heterocycles. The standard InChI is InChI=1S/C12H16N2O2/c15-7-4-10-3-6-14(8-10)12-11(9-16)2-1-5-13-12/h1-2,5,9-10,15H,3-4,6-8H2. The second-order valence-electron chi connectivity index (χ2n) is 4.15. The minimum atomic E-state index is 0.237. The van der Waals surface area contributed by atoms with Crippen LogP contribution in [0.2, 0.25) is 0 Å². The summed E-state index contributed by atoms with van der Waals surface area (Å²) < 4.78 is 0. The van der Waals surface area contributed by atoms with Crippen LogP contribution < -0.4 is 4.90 Å². The number of aromatic nitrogens is 1. The first kappa shape index (κ1) is 11.1. The third-order valence-corrected chi connectivity index (χ3v) is 3.07. The number of carbonyl (C=O) groups is 1. The van der Waals surface area contributed by atoms with E-state index in [9.17, 15) is 4.79 Å². The van der Waals surface area contributed by atoms with E-state index in [4.69, 9.17) is 5.11 Å². The zero-order valence-electron chi connectivity index (χ0n) is 9.17. The third kappa shape index (κ3) is 2.22. The van der Waals surface area contributed by atoms with Gasteiger partial charge >= 0.3 is 0 Å². The maximum Gasteiger partial charge on any atom is 0.153 e. The lowest BCUT2D eigenvalue weighted by Crippen LogP contribution is -2.22. The number of carbonyl (C=O) groups excluding carboxylic acids is 1. The Morgan fingerprint density at radius 3 is 3.25 bits per heavy atom. The molecule has 0 bridgehead atoms. The average Bonchev–Trinajstić information content (AvgIpc) is 2.78. The molecule has 0 aromatic carbocycles. The number of rotatable bonds is 4. The first-order valence-electron chi connectivity index (χ1n) is 5.61. The third-order valence-electron chi connectivity index (χ3n) is 3.07. The van der Waals surface area contributed by atoms with Gasteiger partial charge in [0.2, 0.25) is 0 Å². The topological polar surface area (TPSA) is 53.4 Å². The highest BCUT2D eigenvalue weighted by molar-refractivity contribution is 5.82. The van der Waals surface area contributed by atoms with Gasteiger partial charge in [-0.25, -0.2) is 4.98 Å². The number of hydrogen-bond donors (Lipinski definition) is 1. The van der Waals surface area contributed by atoms with Gasteiger partial charge in [-0.05, 0) is 30.9 Å². The number of hydrogen-bond acceptors (Lipinski definition) is 4. The number of nitrogens with zero attached hydrogens (tertiary/aromatic N) is 2. The molecular formula is C12H16N2O2. The normalized spacial score (nSPS) is 20.1. The Morgan fingerprint density at radius 1 is 1.62 bits per heavy atom. The summed E-state index contributed by atoms with van der Waals surface area (Å²) in [5.74, 6) is 1.30. The van der Waals surface area contributed by atoms with E-state index >= 15 is 0 Å². The first-order chi connectivity index (χ1) is 7.85. The predicted octanol–water partition coefficient (Wildman–Crippen LogP) is 1.10. The summed E-state index contributed by atoms with van der Waals surface area (Å²) in [6, 6.07) is 3.56. The Labute approximate surface area is 94.9 Å². The van der Waals surface area contributed by atoms with E-state index < -0.39 is 0 Å². The zero-order chi connectivity index (χ0) is 11.4. The molecule has 0 aliphatic carbocycles. The molecule has 1 N–H and O–H groups in total. The molecule has 0 spiro atoms. The van der Waals surface area contributed by atoms with E-state index in [0.717, 1.165) is 38.0 Å². The SMILES string of the molecule is O=Cc1cccnc1N1CCC(CCO)C1. The van der Waals surface area contributed by atoms with Crippen molar-refractivity contribution in [3.63, 3.8) is 0 Å². The van der Waals surface area contributed by atoms with Gasteiger partial charge in [0.15, 0.2) is 6.29 Å². The number of aliphatic hydroxyl groups is 1. The Hall–Kier alpha value is -1.42. The number of anilines is 1. The van der Waals surface area contributed by atoms with Crippen molar-refractivity contribution in [1.82, 2.24) is 4.98 Å². The van der Waals surface area contributed by atoms with Crippen molar-refractivity contribution in [3.05, 3.63) is 23.9 Å². The second kappa shape index (κ2) is 5.07. The lowest BCUT2D eigenvalue weighted by atomic mass is 10.1. The van der Waals surface area contributed by atoms with Gasteiger partial charge in [-0.1, -0.05) is 0 Å². The molecule has 1 saturated heterocycles. The van der Waals surface area contributed by atoms with Gasteiger partial charge in [0.25, 0.3) is 0 Å². The van der Waals surface area contributed by atoms with Crippen LogP contribution in [-0.4, -0.2) is 36.1 Å². The largest absolute Gasteiger partial charge is 0.396 e. The van der Waals surface area contributed by atoms with E-state index in [1.165, 1.54) is 0 Å². The zero-order valence-corrected chi connectivity index (χ0v) is 9.17. The smallest absolute Gasteiger partial charge is 0.153 e. The summed E-state index contributed by atoms with van der Waals surface area (Å²) in [7, 11) is 0. The number of aliphatic hydroxyl groups excluding tert-OH is 1. The molecule has 0 radical (unpaired) electrons. The fourth-order valence-electron chi connectivity index (χ4n) is 2.21. The van der Waals surface area contributed by atoms with Crippen molar-refractivity contribution in [2.24, 2.45) is 5.92 Å². The minimum absolute atomic E-state index is 0.237. The molecule has 1 aromatic rings. The van der Waals surface area contributed by atoms with E-state index in [2.05, 4.69) is 9.88 Å². The van der Waals surface area contributed by atoms with Gasteiger partial charge in [-0.15, -0.1) is 0 Å². The Balaban J connectivity index is 2.11. The fourth-order valence-corrected chi connectivity index (χ4v) is 2.21. The summed E-state index contributed by atoms with van der Waals surface area (Å²) in [5.41, 5.74) is 0.646. The van der Waals surface area contributed by atoms with Gasteiger partial charge < -0.3 is 10.0 Å². The second-order valence-corrected chi connectivity index (χ2v) is 4.15. The number of aldehydes is 1. The first-order valence-corrected chi connectivity index (χ1v) is 5.61. The van der Waals surface area contributed by atoms with Crippen molar-refractivity contribution >= 4 is 12.1 Å². The molecule has 1 aliphatic heterocycles. The molecular weight excluding hydrogens is 204 g/mol. The lowest BCUT2D eigenvalue weighted by Gasteiger charge is -2.18. The van der Waals surface area contributed by atoms with Gasteiger partial charge in [-0.3, -0.25) is 4.79 Å². The summed E-state index contributed by atoms with van der Waals surface area (Å²) in [6.07, 6.45) is 4.46. The maximum atomic E-state index is 10.9. The predicted molar refractivity (Wildman–Crippen MR) is 61.6 cm³/mol. The van der Waals surface area contributed by atoms with Gasteiger partial charge in [0.1, 0.15) is 5.82 Å². The Kier molecular flexibility index (Phi) is 3.51. The van der Waals surface area contributed by atoms with Gasteiger partial charge in [0, 0.05) is 25.9 Å². The molecule has 0 saturated carbocycles. The van der Waals surface area contributed by atoms with Crippen LogP contribution in [0.3, 0.4) is 0 Å². The molecule has 0 amide bonds. The van der Waals surface area contributed by atoms with Crippen LogP contribution >= 0.6 is 0 Å². The summed E-state index contributed by atoms with van der Waals surface area (Å²) in [5, 5.41) is 8.89. The molecule has 1 unspecified atom stereocenters. The molecule has 86 valence electrons. The molecule has 1 aliphatic rings. The van der Waals surface area contributed by atoms with E-state index in [1.807, 2.05) is 0 Å². The van der Waals surface area contributed by atoms with E-state index in [0.29, 0.717) is 11.5 Å². The van der Waals surface area contributed by atoms with E-state index in [1.54, 1.807) is 18.3 Å². The van der Waals surface area contributed by atoms with Gasteiger partial charge in [-0.2, -0.15) is 0 Å². The highest BCUT2D eigenvalue weighted by Crippen LogP contribution is 2.25. The van der Waals surface area contributed by atoms with Gasteiger partial charge in [0.05, 0.1) is 5.56 Å². The molecule has 1 atom stereocenters. The van der Waals surface area contributed by atoms with Crippen LogP contribution in [0.5, 0.6) is 0 Å². The lowest BCUT2D eigenvalue weighted by molar-refractivity contribution is 0.112. The maximum absolute atomic E-state index is 10.9. The van der Waals surface area contributed by atoms with Crippen molar-refractivity contribution in [2.75, 3.05) is 24.6 Å². The monoisotopic (exact) mass is 220 g/mol. The molecule has 1 fully saturated rings. The number of pyridine rings is 1. The van der Waals surface area contributed by atoms with Crippen LogP contribution in [0.25, 0.3) is 0 Å². The molecule has 2 rings (SSSR count). The van der Waals surface area contributed by atoms with Crippen molar-refractivity contribution in [1.29, 1.82) is 0 Å². The Morgan fingerprint density at radius 2 is 2.50 bits per heavy atom. The van der Waals surface area contributed by atoms with Crippen molar-refractivity contribution < 1.29 is 9.90 Å². The van der Waals surface area contributed by atoms with Crippen LogP contribution in [0, 0.1) is 5.92 Å². The minimum Gasteiger partial charge on any atom is -0.396 e. The summed E-state index contributed by atoms with van der Waals surface area (Å²) >= 11 is 0. The highest BCUT2D eigenvalue weighted by atomic mass is 16.3. The highest BCUT2D eigenvalue weighted by Gasteiger charge is 2.24. The van der Waals surface area contributed by atoms with Crippen molar-refractivity contribution in [3.8, 4) is 0 Å². The molecule has 4 nitrogen and oxygen atoms in total. The van der Waals surface area contributed by atoms with Crippen LogP contribution in [0.15, 0.2) is 18.3 Å². The molecule has 4 heteroatoms. The van der Waals surface area contributed by atoms with Crippen LogP contribution in [-0.2, 0) is 0 Å².